The highest BCUT2D eigenvalue weighted by molar-refractivity contribution is 5.16. The maximum absolute atomic E-state index is 4.20. The molecule has 1 rings (SSSR count). The highest BCUT2D eigenvalue weighted by Gasteiger charge is 1.96. The Morgan fingerprint density at radius 3 is 2.61 bits per heavy atom. The van der Waals surface area contributed by atoms with E-state index in [2.05, 4.69) is 37.1 Å². The van der Waals surface area contributed by atoms with Gasteiger partial charge in [0.2, 0.25) is 0 Å². The third-order valence-electron chi connectivity index (χ3n) is 3.15. The minimum absolute atomic E-state index is 0.858. The van der Waals surface area contributed by atoms with E-state index in [1.165, 1.54) is 43.2 Å². The molecule has 0 radical (unpaired) electrons. The molecular weight excluding hydrogens is 220 g/mol. The third kappa shape index (κ3) is 7.44. The number of aromatic nitrogens is 1. The molecule has 1 N–H and O–H groups in total. The number of hydrogen-bond donors (Lipinski definition) is 1. The number of rotatable bonds is 9. The van der Waals surface area contributed by atoms with Crippen LogP contribution >= 0.6 is 0 Å². The minimum Gasteiger partial charge on any atom is -0.313 e. The van der Waals surface area contributed by atoms with Gasteiger partial charge in [-0.15, -0.1) is 0 Å². The molecule has 0 aromatic carbocycles. The first-order valence-electron chi connectivity index (χ1n) is 7.29. The lowest BCUT2D eigenvalue weighted by Gasteiger charge is -2.06. The van der Waals surface area contributed by atoms with Gasteiger partial charge in [0, 0.05) is 18.9 Å². The minimum atomic E-state index is 0.858. The van der Waals surface area contributed by atoms with Crippen molar-refractivity contribution in [3.8, 4) is 0 Å². The van der Waals surface area contributed by atoms with E-state index < -0.39 is 0 Å². The lowest BCUT2D eigenvalue weighted by atomic mass is 10.0. The maximum atomic E-state index is 4.20. The summed E-state index contributed by atoms with van der Waals surface area (Å²) in [6.45, 7) is 8.76. The van der Waals surface area contributed by atoms with Crippen LogP contribution in [0.15, 0.2) is 18.5 Å². The van der Waals surface area contributed by atoms with E-state index in [-0.39, 0.29) is 0 Å². The van der Waals surface area contributed by atoms with Gasteiger partial charge in [0.1, 0.15) is 0 Å². The number of nitrogens with one attached hydrogen (secondary N) is 1. The van der Waals surface area contributed by atoms with Crippen LogP contribution in [0.25, 0.3) is 0 Å². The Morgan fingerprint density at radius 2 is 1.89 bits per heavy atom. The van der Waals surface area contributed by atoms with Crippen molar-refractivity contribution in [3.05, 3.63) is 29.6 Å². The summed E-state index contributed by atoms with van der Waals surface area (Å²) in [4.78, 5) is 4.20. The summed E-state index contributed by atoms with van der Waals surface area (Å²) in [5.74, 6) is 0.858. The van der Waals surface area contributed by atoms with Crippen molar-refractivity contribution in [2.45, 2.75) is 59.4 Å². The van der Waals surface area contributed by atoms with Gasteiger partial charge in [-0.3, -0.25) is 4.98 Å². The molecule has 0 saturated carbocycles. The zero-order valence-electron chi connectivity index (χ0n) is 12.2. The van der Waals surface area contributed by atoms with Gasteiger partial charge in [-0.1, -0.05) is 45.6 Å². The van der Waals surface area contributed by atoms with E-state index in [1.807, 2.05) is 12.4 Å². The summed E-state index contributed by atoms with van der Waals surface area (Å²) in [5.41, 5.74) is 2.53. The van der Waals surface area contributed by atoms with Crippen molar-refractivity contribution < 1.29 is 0 Å². The number of aryl methyl sites for hydroxylation is 1. The molecule has 0 unspecified atom stereocenters. The summed E-state index contributed by atoms with van der Waals surface area (Å²) in [6, 6.07) is 2.20. The molecule has 0 amide bonds. The molecule has 18 heavy (non-hydrogen) atoms. The van der Waals surface area contributed by atoms with E-state index in [1.54, 1.807) is 0 Å². The maximum Gasteiger partial charge on any atom is 0.0313 e. The molecular formula is C16H28N2. The Kier molecular flexibility index (Phi) is 7.66. The first kappa shape index (κ1) is 15.2. The molecule has 0 aliphatic heterocycles. The second-order valence-electron chi connectivity index (χ2n) is 5.64. The van der Waals surface area contributed by atoms with E-state index >= 15 is 0 Å². The number of unbranched alkanes of at least 4 members (excludes halogenated alkanes) is 3. The van der Waals surface area contributed by atoms with Crippen LogP contribution in [0.2, 0.25) is 0 Å². The lowest BCUT2D eigenvalue weighted by Crippen LogP contribution is -2.14. The summed E-state index contributed by atoms with van der Waals surface area (Å²) < 4.78 is 0. The van der Waals surface area contributed by atoms with E-state index in [0.29, 0.717) is 0 Å². The molecule has 0 aliphatic rings. The summed E-state index contributed by atoms with van der Waals surface area (Å²) in [7, 11) is 0. The Morgan fingerprint density at radius 1 is 1.11 bits per heavy atom. The quantitative estimate of drug-likeness (QED) is 0.666. The monoisotopic (exact) mass is 248 g/mol. The Bertz CT molecular complexity index is 321. The largest absolute Gasteiger partial charge is 0.313 e. The highest BCUT2D eigenvalue weighted by atomic mass is 14.8. The number of hydrogen-bond acceptors (Lipinski definition) is 2. The lowest BCUT2D eigenvalue weighted by molar-refractivity contribution is 0.512. The molecule has 0 aliphatic carbocycles. The van der Waals surface area contributed by atoms with Crippen molar-refractivity contribution in [1.29, 1.82) is 0 Å². The molecule has 1 heterocycles. The molecule has 0 fully saturated rings. The fraction of sp³-hybridized carbons (Fsp3) is 0.688. The van der Waals surface area contributed by atoms with E-state index in [0.717, 1.165) is 19.0 Å². The zero-order chi connectivity index (χ0) is 13.2. The molecule has 2 heteroatoms. The van der Waals surface area contributed by atoms with Crippen molar-refractivity contribution in [1.82, 2.24) is 10.3 Å². The van der Waals surface area contributed by atoms with Gasteiger partial charge in [0.15, 0.2) is 0 Å². The second-order valence-corrected chi connectivity index (χ2v) is 5.64. The van der Waals surface area contributed by atoms with Crippen LogP contribution in [0.1, 0.15) is 57.1 Å². The first-order valence-corrected chi connectivity index (χ1v) is 7.29. The van der Waals surface area contributed by atoms with Crippen LogP contribution in [0.4, 0.5) is 0 Å². The molecule has 0 atom stereocenters. The fourth-order valence-corrected chi connectivity index (χ4v) is 2.10. The Labute approximate surface area is 112 Å². The first-order chi connectivity index (χ1) is 8.68. The van der Waals surface area contributed by atoms with Gasteiger partial charge in [0.25, 0.3) is 0 Å². The Balaban J connectivity index is 1.96. The predicted molar refractivity (Wildman–Crippen MR) is 78.6 cm³/mol. The van der Waals surface area contributed by atoms with Gasteiger partial charge in [-0.05, 0) is 36.9 Å². The third-order valence-corrected chi connectivity index (χ3v) is 3.15. The van der Waals surface area contributed by atoms with Crippen LogP contribution in [0.3, 0.4) is 0 Å². The zero-order valence-corrected chi connectivity index (χ0v) is 12.2. The smallest absolute Gasteiger partial charge is 0.0313 e. The summed E-state index contributed by atoms with van der Waals surface area (Å²) in [5, 5.41) is 3.49. The molecule has 1 aromatic heterocycles. The SMILES string of the molecule is Cc1cncc(CNCCCCCCC(C)C)c1. The van der Waals surface area contributed by atoms with E-state index in [9.17, 15) is 0 Å². The number of nitrogens with zero attached hydrogens (tertiary/aromatic N) is 1. The Hall–Kier alpha value is -0.890. The molecule has 2 nitrogen and oxygen atoms in total. The second kappa shape index (κ2) is 9.09. The van der Waals surface area contributed by atoms with Gasteiger partial charge in [-0.25, -0.2) is 0 Å². The molecule has 0 spiro atoms. The van der Waals surface area contributed by atoms with Gasteiger partial charge < -0.3 is 5.32 Å². The van der Waals surface area contributed by atoms with Crippen molar-refractivity contribution >= 4 is 0 Å². The van der Waals surface area contributed by atoms with Crippen LogP contribution < -0.4 is 5.32 Å². The summed E-state index contributed by atoms with van der Waals surface area (Å²) in [6.07, 6.45) is 10.6. The van der Waals surface area contributed by atoms with Crippen LogP contribution in [0, 0.1) is 12.8 Å². The number of pyridine rings is 1. The van der Waals surface area contributed by atoms with Gasteiger partial charge in [0.05, 0.1) is 0 Å². The van der Waals surface area contributed by atoms with Gasteiger partial charge in [-0.2, -0.15) is 0 Å². The highest BCUT2D eigenvalue weighted by Crippen LogP contribution is 2.09. The average molecular weight is 248 g/mol. The van der Waals surface area contributed by atoms with Crippen LogP contribution in [-0.4, -0.2) is 11.5 Å². The molecule has 0 saturated heterocycles. The molecule has 0 bridgehead atoms. The topological polar surface area (TPSA) is 24.9 Å². The van der Waals surface area contributed by atoms with Gasteiger partial charge >= 0.3 is 0 Å². The fourth-order valence-electron chi connectivity index (χ4n) is 2.10. The van der Waals surface area contributed by atoms with Crippen LogP contribution in [-0.2, 0) is 6.54 Å². The average Bonchev–Trinajstić information content (AvgIpc) is 2.32. The van der Waals surface area contributed by atoms with E-state index in [4.69, 9.17) is 0 Å². The van der Waals surface area contributed by atoms with Crippen molar-refractivity contribution in [2.75, 3.05) is 6.54 Å². The molecule has 1 aromatic rings. The standard InChI is InChI=1S/C16H28N2/c1-14(2)8-6-4-5-7-9-17-12-16-10-15(3)11-18-13-16/h10-11,13-14,17H,4-9,12H2,1-3H3. The van der Waals surface area contributed by atoms with Crippen molar-refractivity contribution in [2.24, 2.45) is 5.92 Å². The normalized spacial score (nSPS) is 11.1. The summed E-state index contributed by atoms with van der Waals surface area (Å²) >= 11 is 0. The van der Waals surface area contributed by atoms with Crippen LogP contribution in [0.5, 0.6) is 0 Å². The van der Waals surface area contributed by atoms with Crippen molar-refractivity contribution in [3.63, 3.8) is 0 Å². The molecule has 102 valence electrons. The predicted octanol–water partition coefficient (Wildman–Crippen LogP) is 4.09.